The number of rotatable bonds is 7. The van der Waals surface area contributed by atoms with Gasteiger partial charge >= 0.3 is 0 Å². The molecule has 0 aliphatic rings. The summed E-state index contributed by atoms with van der Waals surface area (Å²) in [6.45, 7) is 1.35. The van der Waals surface area contributed by atoms with Crippen LogP contribution in [-0.2, 0) is 13.1 Å². The molecular weight excluding hydrogens is 356 g/mol. The lowest BCUT2D eigenvalue weighted by Crippen LogP contribution is -2.24. The molecular formula is C21H24N4OS. The molecule has 0 atom stereocenters. The average Bonchev–Trinajstić information content (AvgIpc) is 3.15. The van der Waals surface area contributed by atoms with Crippen LogP contribution < -0.4 is 5.32 Å². The number of amides is 1. The first-order valence-corrected chi connectivity index (χ1v) is 9.98. The van der Waals surface area contributed by atoms with Crippen molar-refractivity contribution >= 4 is 17.7 Å². The van der Waals surface area contributed by atoms with E-state index in [1.807, 2.05) is 67.5 Å². The van der Waals surface area contributed by atoms with Crippen LogP contribution in [0.25, 0.3) is 5.69 Å². The molecule has 5 nitrogen and oxygen atoms in total. The predicted molar refractivity (Wildman–Crippen MR) is 110 cm³/mol. The first-order chi connectivity index (χ1) is 13.1. The van der Waals surface area contributed by atoms with Gasteiger partial charge in [-0.3, -0.25) is 9.36 Å². The maximum Gasteiger partial charge on any atom is 0.251 e. The number of carbonyl (C=O) groups is 1. The number of carbonyl (C=O) groups excluding carboxylic acids is 1. The van der Waals surface area contributed by atoms with E-state index in [0.717, 1.165) is 23.0 Å². The SMILES string of the molecule is CSc1nccn1-c1cccc(C(=O)NCc2ccccc2CN(C)C)c1. The van der Waals surface area contributed by atoms with E-state index >= 15 is 0 Å². The second kappa shape index (κ2) is 8.88. The normalized spacial score (nSPS) is 11.0. The van der Waals surface area contributed by atoms with Crippen molar-refractivity contribution < 1.29 is 4.79 Å². The fraction of sp³-hybridized carbons (Fsp3) is 0.238. The Labute approximate surface area is 164 Å². The number of hydrogen-bond donors (Lipinski definition) is 1. The van der Waals surface area contributed by atoms with E-state index in [2.05, 4.69) is 27.3 Å². The summed E-state index contributed by atoms with van der Waals surface area (Å²) >= 11 is 1.57. The van der Waals surface area contributed by atoms with Crippen molar-refractivity contribution in [2.24, 2.45) is 0 Å². The topological polar surface area (TPSA) is 50.2 Å². The van der Waals surface area contributed by atoms with Gasteiger partial charge in [0.25, 0.3) is 5.91 Å². The molecule has 27 heavy (non-hydrogen) atoms. The molecule has 0 spiro atoms. The highest BCUT2D eigenvalue weighted by Crippen LogP contribution is 2.19. The van der Waals surface area contributed by atoms with Crippen LogP contribution in [0.15, 0.2) is 66.1 Å². The van der Waals surface area contributed by atoms with Crippen molar-refractivity contribution in [2.45, 2.75) is 18.2 Å². The number of aromatic nitrogens is 2. The first-order valence-electron chi connectivity index (χ1n) is 8.76. The van der Waals surface area contributed by atoms with Gasteiger partial charge in [0, 0.05) is 36.7 Å². The molecule has 0 saturated carbocycles. The summed E-state index contributed by atoms with van der Waals surface area (Å²) in [5.74, 6) is -0.0812. The lowest BCUT2D eigenvalue weighted by atomic mass is 10.1. The van der Waals surface area contributed by atoms with Crippen molar-refractivity contribution in [3.05, 3.63) is 77.6 Å². The van der Waals surface area contributed by atoms with Crippen LogP contribution in [0.5, 0.6) is 0 Å². The number of benzene rings is 2. The van der Waals surface area contributed by atoms with E-state index in [1.165, 1.54) is 5.56 Å². The van der Waals surface area contributed by atoms with Gasteiger partial charge in [0.1, 0.15) is 0 Å². The Morgan fingerprint density at radius 1 is 1.15 bits per heavy atom. The van der Waals surface area contributed by atoms with E-state index in [0.29, 0.717) is 12.1 Å². The minimum absolute atomic E-state index is 0.0812. The summed E-state index contributed by atoms with van der Waals surface area (Å²) in [6, 6.07) is 15.8. The molecule has 1 aromatic heterocycles. The summed E-state index contributed by atoms with van der Waals surface area (Å²) in [5, 5.41) is 3.94. The smallest absolute Gasteiger partial charge is 0.251 e. The highest BCUT2D eigenvalue weighted by Gasteiger charge is 2.10. The van der Waals surface area contributed by atoms with Crippen LogP contribution in [0, 0.1) is 0 Å². The Morgan fingerprint density at radius 3 is 2.67 bits per heavy atom. The van der Waals surface area contributed by atoms with Gasteiger partial charge in [-0.2, -0.15) is 0 Å². The van der Waals surface area contributed by atoms with E-state index in [1.54, 1.807) is 18.0 Å². The van der Waals surface area contributed by atoms with Crippen LogP contribution in [0.3, 0.4) is 0 Å². The van der Waals surface area contributed by atoms with Crippen molar-refractivity contribution in [1.29, 1.82) is 0 Å². The van der Waals surface area contributed by atoms with Gasteiger partial charge in [-0.1, -0.05) is 42.1 Å². The number of nitrogens with zero attached hydrogens (tertiary/aromatic N) is 3. The third kappa shape index (κ3) is 4.78. The van der Waals surface area contributed by atoms with Crippen molar-refractivity contribution in [3.8, 4) is 5.69 Å². The predicted octanol–water partition coefficient (Wildman–Crippen LogP) is 3.59. The van der Waals surface area contributed by atoms with Crippen LogP contribution in [-0.4, -0.2) is 40.7 Å². The number of nitrogens with one attached hydrogen (secondary N) is 1. The molecule has 0 aliphatic heterocycles. The zero-order valence-electron chi connectivity index (χ0n) is 15.8. The zero-order chi connectivity index (χ0) is 19.2. The number of imidazole rings is 1. The number of hydrogen-bond acceptors (Lipinski definition) is 4. The average molecular weight is 381 g/mol. The van der Waals surface area contributed by atoms with Crippen LogP contribution in [0.2, 0.25) is 0 Å². The highest BCUT2D eigenvalue weighted by molar-refractivity contribution is 7.98. The maximum absolute atomic E-state index is 12.7. The Balaban J connectivity index is 1.73. The first kappa shape index (κ1) is 19.2. The minimum Gasteiger partial charge on any atom is -0.348 e. The molecule has 1 amide bonds. The quantitative estimate of drug-likeness (QED) is 0.637. The van der Waals surface area contributed by atoms with E-state index in [4.69, 9.17) is 0 Å². The molecule has 0 aliphatic carbocycles. The van der Waals surface area contributed by atoms with Crippen LogP contribution in [0.1, 0.15) is 21.5 Å². The van der Waals surface area contributed by atoms with Crippen molar-refractivity contribution in [2.75, 3.05) is 20.4 Å². The maximum atomic E-state index is 12.7. The fourth-order valence-corrected chi connectivity index (χ4v) is 3.47. The monoisotopic (exact) mass is 380 g/mol. The Bertz CT molecular complexity index is 920. The van der Waals surface area contributed by atoms with Gasteiger partial charge in [-0.15, -0.1) is 0 Å². The lowest BCUT2D eigenvalue weighted by Gasteiger charge is -2.15. The summed E-state index contributed by atoms with van der Waals surface area (Å²) in [7, 11) is 4.08. The molecule has 140 valence electrons. The molecule has 0 radical (unpaired) electrons. The third-order valence-electron chi connectivity index (χ3n) is 4.22. The molecule has 0 bridgehead atoms. The van der Waals surface area contributed by atoms with Gasteiger partial charge in [-0.25, -0.2) is 4.98 Å². The summed E-state index contributed by atoms with van der Waals surface area (Å²) in [4.78, 5) is 19.1. The van der Waals surface area contributed by atoms with Crippen molar-refractivity contribution in [1.82, 2.24) is 19.8 Å². The van der Waals surface area contributed by atoms with E-state index in [9.17, 15) is 4.79 Å². The van der Waals surface area contributed by atoms with Gasteiger partial charge in [0.2, 0.25) is 0 Å². The van der Waals surface area contributed by atoms with Crippen molar-refractivity contribution in [3.63, 3.8) is 0 Å². The Morgan fingerprint density at radius 2 is 1.93 bits per heavy atom. The molecule has 3 rings (SSSR count). The second-order valence-corrected chi connectivity index (χ2v) is 7.30. The Kier molecular flexibility index (Phi) is 6.32. The molecule has 0 fully saturated rings. The molecule has 0 saturated heterocycles. The molecule has 0 unspecified atom stereocenters. The highest BCUT2D eigenvalue weighted by atomic mass is 32.2. The zero-order valence-corrected chi connectivity index (χ0v) is 16.7. The summed E-state index contributed by atoms with van der Waals surface area (Å²) < 4.78 is 1.98. The van der Waals surface area contributed by atoms with Gasteiger partial charge in [-0.05, 0) is 49.7 Å². The van der Waals surface area contributed by atoms with E-state index in [-0.39, 0.29) is 5.91 Å². The summed E-state index contributed by atoms with van der Waals surface area (Å²) in [5.41, 5.74) is 3.92. The Hall–Kier alpha value is -2.57. The van der Waals surface area contributed by atoms with Gasteiger partial charge in [0.15, 0.2) is 5.16 Å². The standard InChI is InChI=1S/C21H24N4OS/c1-24(2)15-18-8-5-4-7-17(18)14-23-20(26)16-9-6-10-19(13-16)25-12-11-22-21(25)27-3/h4-13H,14-15H2,1-3H3,(H,23,26). The molecule has 1 N–H and O–H groups in total. The van der Waals surface area contributed by atoms with Crippen LogP contribution in [0.4, 0.5) is 0 Å². The molecule has 3 aromatic rings. The van der Waals surface area contributed by atoms with Gasteiger partial charge < -0.3 is 10.2 Å². The molecule has 6 heteroatoms. The molecule has 2 aromatic carbocycles. The number of thioether (sulfide) groups is 1. The summed E-state index contributed by atoms with van der Waals surface area (Å²) in [6.07, 6.45) is 5.65. The lowest BCUT2D eigenvalue weighted by molar-refractivity contribution is 0.0950. The fourth-order valence-electron chi connectivity index (χ4n) is 2.94. The largest absolute Gasteiger partial charge is 0.348 e. The second-order valence-electron chi connectivity index (χ2n) is 6.52. The minimum atomic E-state index is -0.0812. The third-order valence-corrected chi connectivity index (χ3v) is 4.89. The molecule has 1 heterocycles. The van der Waals surface area contributed by atoms with Crippen LogP contribution >= 0.6 is 11.8 Å². The van der Waals surface area contributed by atoms with E-state index < -0.39 is 0 Å². The van der Waals surface area contributed by atoms with Gasteiger partial charge in [0.05, 0.1) is 0 Å².